The molecule has 2 rings (SSSR count). The van der Waals surface area contributed by atoms with Crippen LogP contribution in [-0.4, -0.2) is 30.5 Å². The van der Waals surface area contributed by atoms with Gasteiger partial charge in [-0.2, -0.15) is 5.26 Å². The molecule has 21 heavy (non-hydrogen) atoms. The van der Waals surface area contributed by atoms with Crippen molar-refractivity contribution in [1.29, 1.82) is 5.26 Å². The standard InChI is InChI=1S/C17H22N2O2/c1-13(2)15-10-17(20)19(12-15)8-5-9-21-16-7-4-3-6-14(16)11-18/h3-4,6-7,13,15H,5,8-10,12H2,1-2H3. The largest absolute Gasteiger partial charge is 0.492 e. The molecule has 1 unspecified atom stereocenters. The van der Waals surface area contributed by atoms with Gasteiger partial charge in [-0.15, -0.1) is 0 Å². The molecule has 0 radical (unpaired) electrons. The van der Waals surface area contributed by atoms with Crippen LogP contribution in [0, 0.1) is 23.2 Å². The fourth-order valence-corrected chi connectivity index (χ4v) is 2.59. The van der Waals surface area contributed by atoms with E-state index in [1.165, 1.54) is 0 Å². The van der Waals surface area contributed by atoms with Crippen LogP contribution >= 0.6 is 0 Å². The molecule has 0 bridgehead atoms. The third kappa shape index (κ3) is 3.98. The van der Waals surface area contributed by atoms with Crippen LogP contribution < -0.4 is 4.74 Å². The molecule has 1 saturated heterocycles. The van der Waals surface area contributed by atoms with E-state index in [4.69, 9.17) is 10.00 Å². The van der Waals surface area contributed by atoms with Gasteiger partial charge in [-0.3, -0.25) is 4.79 Å². The SMILES string of the molecule is CC(C)C1CC(=O)N(CCCOc2ccccc2C#N)C1. The van der Waals surface area contributed by atoms with Crippen molar-refractivity contribution in [2.45, 2.75) is 26.7 Å². The molecule has 1 fully saturated rings. The minimum absolute atomic E-state index is 0.256. The van der Waals surface area contributed by atoms with E-state index in [2.05, 4.69) is 19.9 Å². The number of nitriles is 1. The quantitative estimate of drug-likeness (QED) is 0.756. The van der Waals surface area contributed by atoms with Crippen molar-refractivity contribution >= 4 is 5.91 Å². The van der Waals surface area contributed by atoms with Crippen molar-refractivity contribution in [2.24, 2.45) is 11.8 Å². The predicted molar refractivity (Wildman–Crippen MR) is 80.8 cm³/mol. The Kier molecular flexibility index (Phi) is 5.21. The lowest BCUT2D eigenvalue weighted by atomic mass is 9.95. The molecule has 0 saturated carbocycles. The van der Waals surface area contributed by atoms with Gasteiger partial charge >= 0.3 is 0 Å². The van der Waals surface area contributed by atoms with E-state index >= 15 is 0 Å². The highest BCUT2D eigenvalue weighted by Gasteiger charge is 2.30. The average molecular weight is 286 g/mol. The monoisotopic (exact) mass is 286 g/mol. The van der Waals surface area contributed by atoms with Crippen LogP contribution in [0.15, 0.2) is 24.3 Å². The third-order valence-electron chi connectivity index (χ3n) is 4.02. The summed E-state index contributed by atoms with van der Waals surface area (Å²) in [5.41, 5.74) is 0.551. The van der Waals surface area contributed by atoms with Gasteiger partial charge in [-0.25, -0.2) is 0 Å². The van der Waals surface area contributed by atoms with Gasteiger partial charge in [0.05, 0.1) is 12.2 Å². The van der Waals surface area contributed by atoms with E-state index < -0.39 is 0 Å². The normalized spacial score (nSPS) is 18.1. The molecule has 0 N–H and O–H groups in total. The van der Waals surface area contributed by atoms with Gasteiger partial charge in [0.15, 0.2) is 0 Å². The first kappa shape index (κ1) is 15.4. The van der Waals surface area contributed by atoms with Crippen LogP contribution in [0.5, 0.6) is 5.75 Å². The van der Waals surface area contributed by atoms with Gasteiger partial charge in [0.2, 0.25) is 5.91 Å². The topological polar surface area (TPSA) is 53.3 Å². The number of benzene rings is 1. The molecule has 1 atom stereocenters. The van der Waals surface area contributed by atoms with Crippen LogP contribution in [-0.2, 0) is 4.79 Å². The molecular weight excluding hydrogens is 264 g/mol. The highest BCUT2D eigenvalue weighted by molar-refractivity contribution is 5.78. The van der Waals surface area contributed by atoms with Gasteiger partial charge in [0.1, 0.15) is 11.8 Å². The van der Waals surface area contributed by atoms with Crippen molar-refractivity contribution < 1.29 is 9.53 Å². The maximum Gasteiger partial charge on any atom is 0.222 e. The van der Waals surface area contributed by atoms with Crippen LogP contribution in [0.25, 0.3) is 0 Å². The average Bonchev–Trinajstić information content (AvgIpc) is 2.85. The smallest absolute Gasteiger partial charge is 0.222 e. The Morgan fingerprint density at radius 2 is 2.19 bits per heavy atom. The second-order valence-electron chi connectivity index (χ2n) is 5.86. The number of likely N-dealkylation sites (tertiary alicyclic amines) is 1. The lowest BCUT2D eigenvalue weighted by molar-refractivity contribution is -0.127. The second kappa shape index (κ2) is 7.12. The Morgan fingerprint density at radius 3 is 2.86 bits per heavy atom. The number of ether oxygens (including phenoxy) is 1. The van der Waals surface area contributed by atoms with Gasteiger partial charge in [0.25, 0.3) is 0 Å². The number of carbonyl (C=O) groups excluding carboxylic acids is 1. The third-order valence-corrected chi connectivity index (χ3v) is 4.02. The lowest BCUT2D eigenvalue weighted by Gasteiger charge is -2.18. The molecule has 1 aromatic rings. The minimum Gasteiger partial charge on any atom is -0.492 e. The number of carbonyl (C=O) groups is 1. The molecule has 112 valence electrons. The van der Waals surface area contributed by atoms with Crippen molar-refractivity contribution in [2.75, 3.05) is 19.7 Å². The first-order valence-electron chi connectivity index (χ1n) is 7.51. The zero-order chi connectivity index (χ0) is 15.2. The first-order chi connectivity index (χ1) is 10.1. The Hall–Kier alpha value is -2.02. The van der Waals surface area contributed by atoms with E-state index in [-0.39, 0.29) is 5.91 Å². The number of rotatable bonds is 6. The number of para-hydroxylation sites is 1. The number of hydrogen-bond donors (Lipinski definition) is 0. The minimum atomic E-state index is 0.256. The zero-order valence-electron chi connectivity index (χ0n) is 12.7. The molecule has 1 aliphatic rings. The van der Waals surface area contributed by atoms with E-state index in [9.17, 15) is 4.79 Å². The number of hydrogen-bond acceptors (Lipinski definition) is 3. The Bertz CT molecular complexity index is 534. The molecule has 0 aromatic heterocycles. The predicted octanol–water partition coefficient (Wildman–Crippen LogP) is 2.83. The molecule has 1 aliphatic heterocycles. The molecule has 0 aliphatic carbocycles. The Morgan fingerprint density at radius 1 is 1.43 bits per heavy atom. The van der Waals surface area contributed by atoms with Crippen LogP contribution in [0.4, 0.5) is 0 Å². The summed E-state index contributed by atoms with van der Waals surface area (Å²) in [4.78, 5) is 13.8. The molecule has 4 heteroatoms. The summed E-state index contributed by atoms with van der Waals surface area (Å²) in [6.45, 7) is 6.46. The summed E-state index contributed by atoms with van der Waals surface area (Å²) in [6.07, 6.45) is 1.46. The molecular formula is C17H22N2O2. The van der Waals surface area contributed by atoms with E-state index in [1.54, 1.807) is 12.1 Å². The zero-order valence-corrected chi connectivity index (χ0v) is 12.7. The maximum atomic E-state index is 11.9. The van der Waals surface area contributed by atoms with Crippen LogP contribution in [0.3, 0.4) is 0 Å². The van der Waals surface area contributed by atoms with Gasteiger partial charge < -0.3 is 9.64 Å². The van der Waals surface area contributed by atoms with Gasteiger partial charge in [-0.1, -0.05) is 26.0 Å². The second-order valence-corrected chi connectivity index (χ2v) is 5.86. The van der Waals surface area contributed by atoms with Crippen molar-refractivity contribution in [3.05, 3.63) is 29.8 Å². The Balaban J connectivity index is 1.75. The number of nitrogens with zero attached hydrogens (tertiary/aromatic N) is 2. The fraction of sp³-hybridized carbons (Fsp3) is 0.529. The van der Waals surface area contributed by atoms with E-state index in [0.29, 0.717) is 36.2 Å². The first-order valence-corrected chi connectivity index (χ1v) is 7.51. The fourth-order valence-electron chi connectivity index (χ4n) is 2.59. The Labute approximate surface area is 126 Å². The molecule has 1 aromatic carbocycles. The number of amides is 1. The summed E-state index contributed by atoms with van der Waals surface area (Å²) >= 11 is 0. The summed E-state index contributed by atoms with van der Waals surface area (Å²) in [7, 11) is 0. The highest BCUT2D eigenvalue weighted by atomic mass is 16.5. The summed E-state index contributed by atoms with van der Waals surface area (Å²) in [5, 5.41) is 8.98. The summed E-state index contributed by atoms with van der Waals surface area (Å²) in [5.74, 6) is 1.91. The van der Waals surface area contributed by atoms with Crippen LogP contribution in [0.1, 0.15) is 32.3 Å². The van der Waals surface area contributed by atoms with Gasteiger partial charge in [0, 0.05) is 19.5 Å². The highest BCUT2D eigenvalue weighted by Crippen LogP contribution is 2.24. The molecule has 1 heterocycles. The van der Waals surface area contributed by atoms with Crippen molar-refractivity contribution in [3.63, 3.8) is 0 Å². The van der Waals surface area contributed by atoms with Crippen molar-refractivity contribution in [1.82, 2.24) is 4.90 Å². The molecule has 4 nitrogen and oxygen atoms in total. The summed E-state index contributed by atoms with van der Waals surface area (Å²) < 4.78 is 5.64. The van der Waals surface area contributed by atoms with E-state index in [0.717, 1.165) is 19.5 Å². The van der Waals surface area contributed by atoms with Crippen molar-refractivity contribution in [3.8, 4) is 11.8 Å². The maximum absolute atomic E-state index is 11.9. The van der Waals surface area contributed by atoms with E-state index in [1.807, 2.05) is 17.0 Å². The lowest BCUT2D eigenvalue weighted by Crippen LogP contribution is -2.27. The molecule has 0 spiro atoms. The summed E-state index contributed by atoms with van der Waals surface area (Å²) in [6, 6.07) is 9.33. The van der Waals surface area contributed by atoms with Gasteiger partial charge in [-0.05, 0) is 30.4 Å². The van der Waals surface area contributed by atoms with Crippen LogP contribution in [0.2, 0.25) is 0 Å². The molecule has 1 amide bonds.